The summed E-state index contributed by atoms with van der Waals surface area (Å²) in [5, 5.41) is 14.2. The molecule has 1 amide bonds. The first-order valence-electron chi connectivity index (χ1n) is 7.43. The van der Waals surface area contributed by atoms with Gasteiger partial charge in [-0.1, -0.05) is 23.2 Å². The molecule has 6 nitrogen and oxygen atoms in total. The maximum Gasteiger partial charge on any atom is 0.418 e. The molecule has 1 aromatic heterocycles. The van der Waals surface area contributed by atoms with Gasteiger partial charge in [-0.25, -0.2) is 0 Å². The van der Waals surface area contributed by atoms with Gasteiger partial charge in [0, 0.05) is 15.6 Å². The summed E-state index contributed by atoms with van der Waals surface area (Å²) in [5.74, 6) is -0.496. The number of amides is 1. The topological polar surface area (TPSA) is 72.7 Å². The van der Waals surface area contributed by atoms with Crippen LogP contribution in [-0.2, 0) is 17.5 Å². The van der Waals surface area contributed by atoms with Crippen molar-refractivity contribution in [1.82, 2.24) is 20.2 Å². The van der Waals surface area contributed by atoms with Crippen LogP contribution in [0, 0.1) is 0 Å². The molecule has 0 unspecified atom stereocenters. The third-order valence-electron chi connectivity index (χ3n) is 3.40. The van der Waals surface area contributed by atoms with E-state index in [-0.39, 0.29) is 10.8 Å². The summed E-state index contributed by atoms with van der Waals surface area (Å²) in [6.45, 7) is -0.416. The highest BCUT2D eigenvalue weighted by Gasteiger charge is 2.34. The number of nitrogens with one attached hydrogen (secondary N) is 1. The quantitative estimate of drug-likeness (QED) is 0.689. The lowest BCUT2D eigenvalue weighted by Gasteiger charge is -2.13. The van der Waals surface area contributed by atoms with E-state index in [4.69, 9.17) is 23.2 Å². The third kappa shape index (κ3) is 4.75. The first-order valence-corrected chi connectivity index (χ1v) is 8.18. The van der Waals surface area contributed by atoms with Crippen molar-refractivity contribution in [3.05, 3.63) is 58.1 Å². The van der Waals surface area contributed by atoms with E-state index in [1.807, 2.05) is 0 Å². The van der Waals surface area contributed by atoms with E-state index in [1.165, 1.54) is 6.07 Å². The number of hydrogen-bond donors (Lipinski definition) is 1. The minimum atomic E-state index is -4.67. The van der Waals surface area contributed by atoms with Crippen molar-refractivity contribution >= 4 is 34.8 Å². The summed E-state index contributed by atoms with van der Waals surface area (Å²) in [6.07, 6.45) is -4.67. The van der Waals surface area contributed by atoms with Crippen LogP contribution in [0.1, 0.15) is 5.56 Å². The van der Waals surface area contributed by atoms with E-state index >= 15 is 0 Å². The number of aromatic nitrogens is 4. The van der Waals surface area contributed by atoms with Crippen LogP contribution < -0.4 is 5.32 Å². The highest BCUT2D eigenvalue weighted by molar-refractivity contribution is 6.31. The number of anilines is 1. The first kappa shape index (κ1) is 19.1. The molecule has 27 heavy (non-hydrogen) atoms. The molecule has 0 bridgehead atoms. The maximum absolute atomic E-state index is 13.1. The molecule has 0 aliphatic carbocycles. The van der Waals surface area contributed by atoms with Crippen molar-refractivity contribution in [3.8, 4) is 11.4 Å². The lowest BCUT2D eigenvalue weighted by Crippen LogP contribution is -2.22. The van der Waals surface area contributed by atoms with Gasteiger partial charge in [-0.15, -0.1) is 10.2 Å². The number of alkyl halides is 3. The SMILES string of the molecule is O=C(Cn1nnc(-c2ccc(Cl)cc2)n1)Nc1ccc(Cl)cc1C(F)(F)F. The van der Waals surface area contributed by atoms with E-state index in [0.29, 0.717) is 10.6 Å². The van der Waals surface area contributed by atoms with Crippen LogP contribution >= 0.6 is 23.2 Å². The summed E-state index contributed by atoms with van der Waals surface area (Å²) in [4.78, 5) is 13.1. The second kappa shape index (κ2) is 7.53. The minimum Gasteiger partial charge on any atom is -0.324 e. The standard InChI is InChI=1S/C16H10Cl2F3N5O/c17-10-3-1-9(2-4-10)15-23-25-26(24-15)8-14(27)22-13-6-5-11(18)7-12(13)16(19,20)21/h1-7H,8H2,(H,22,27). The molecule has 0 aliphatic rings. The lowest BCUT2D eigenvalue weighted by molar-refractivity contribution is -0.137. The Balaban J connectivity index is 1.73. The average molecular weight is 416 g/mol. The number of tetrazole rings is 1. The Hall–Kier alpha value is -2.65. The van der Waals surface area contributed by atoms with Gasteiger partial charge in [0.25, 0.3) is 0 Å². The summed E-state index contributed by atoms with van der Waals surface area (Å²) in [6, 6.07) is 9.70. The van der Waals surface area contributed by atoms with Crippen LogP contribution in [0.4, 0.5) is 18.9 Å². The van der Waals surface area contributed by atoms with Gasteiger partial charge in [0.2, 0.25) is 11.7 Å². The van der Waals surface area contributed by atoms with Gasteiger partial charge in [-0.3, -0.25) is 4.79 Å². The first-order chi connectivity index (χ1) is 12.7. The Morgan fingerprint density at radius 3 is 2.41 bits per heavy atom. The van der Waals surface area contributed by atoms with E-state index < -0.39 is 29.9 Å². The molecule has 0 aliphatic heterocycles. The maximum atomic E-state index is 13.1. The second-order valence-corrected chi connectivity index (χ2v) is 6.26. The average Bonchev–Trinajstić information content (AvgIpc) is 3.04. The molecular formula is C16H10Cl2F3N5O. The van der Waals surface area contributed by atoms with E-state index in [0.717, 1.165) is 16.9 Å². The fourth-order valence-electron chi connectivity index (χ4n) is 2.20. The summed E-state index contributed by atoms with van der Waals surface area (Å²) in [5.41, 5.74) is -0.824. The molecule has 0 saturated heterocycles. The van der Waals surface area contributed by atoms with Crippen molar-refractivity contribution in [1.29, 1.82) is 0 Å². The van der Waals surface area contributed by atoms with Crippen molar-refractivity contribution < 1.29 is 18.0 Å². The number of halogens is 5. The summed E-state index contributed by atoms with van der Waals surface area (Å²) < 4.78 is 39.2. The number of nitrogens with zero attached hydrogens (tertiary/aromatic N) is 4. The predicted octanol–water partition coefficient (Wildman–Crippen LogP) is 4.30. The normalized spacial score (nSPS) is 11.4. The molecule has 0 spiro atoms. The van der Waals surface area contributed by atoms with Crippen molar-refractivity contribution in [2.45, 2.75) is 12.7 Å². The molecular weight excluding hydrogens is 406 g/mol. The fourth-order valence-corrected chi connectivity index (χ4v) is 2.50. The van der Waals surface area contributed by atoms with Crippen LogP contribution in [-0.4, -0.2) is 26.1 Å². The van der Waals surface area contributed by atoms with Gasteiger partial charge in [0.1, 0.15) is 6.54 Å². The molecule has 3 aromatic rings. The Morgan fingerprint density at radius 2 is 1.74 bits per heavy atom. The van der Waals surface area contributed by atoms with Crippen LogP contribution in [0.3, 0.4) is 0 Å². The number of carbonyl (C=O) groups is 1. The highest BCUT2D eigenvalue weighted by atomic mass is 35.5. The number of benzene rings is 2. The Kier molecular flexibility index (Phi) is 5.33. The molecule has 2 aromatic carbocycles. The zero-order chi connectivity index (χ0) is 19.6. The third-order valence-corrected chi connectivity index (χ3v) is 3.89. The number of hydrogen-bond acceptors (Lipinski definition) is 4. The van der Waals surface area contributed by atoms with Gasteiger partial charge >= 0.3 is 6.18 Å². The van der Waals surface area contributed by atoms with Gasteiger partial charge in [-0.05, 0) is 47.7 Å². The van der Waals surface area contributed by atoms with Crippen LogP contribution in [0.2, 0.25) is 10.0 Å². The largest absolute Gasteiger partial charge is 0.418 e. The highest BCUT2D eigenvalue weighted by Crippen LogP contribution is 2.36. The fraction of sp³-hybridized carbons (Fsp3) is 0.125. The second-order valence-electron chi connectivity index (χ2n) is 5.39. The monoisotopic (exact) mass is 415 g/mol. The van der Waals surface area contributed by atoms with Gasteiger partial charge in [0.05, 0.1) is 11.3 Å². The smallest absolute Gasteiger partial charge is 0.324 e. The van der Waals surface area contributed by atoms with Gasteiger partial charge in [-0.2, -0.15) is 18.0 Å². The van der Waals surface area contributed by atoms with Crippen molar-refractivity contribution in [2.75, 3.05) is 5.32 Å². The van der Waals surface area contributed by atoms with Crippen molar-refractivity contribution in [3.63, 3.8) is 0 Å². The molecule has 1 heterocycles. The van der Waals surface area contributed by atoms with Gasteiger partial charge < -0.3 is 5.32 Å². The zero-order valence-corrected chi connectivity index (χ0v) is 14.8. The molecule has 11 heteroatoms. The van der Waals surface area contributed by atoms with E-state index in [2.05, 4.69) is 20.7 Å². The van der Waals surface area contributed by atoms with Gasteiger partial charge in [0.15, 0.2) is 0 Å². The molecule has 140 valence electrons. The zero-order valence-electron chi connectivity index (χ0n) is 13.3. The minimum absolute atomic E-state index is 0.0918. The molecule has 0 radical (unpaired) electrons. The predicted molar refractivity (Wildman–Crippen MR) is 93.3 cm³/mol. The van der Waals surface area contributed by atoms with Crippen LogP contribution in [0.5, 0.6) is 0 Å². The molecule has 1 N–H and O–H groups in total. The van der Waals surface area contributed by atoms with Crippen molar-refractivity contribution in [2.24, 2.45) is 0 Å². The van der Waals surface area contributed by atoms with E-state index in [9.17, 15) is 18.0 Å². The Morgan fingerprint density at radius 1 is 1.07 bits per heavy atom. The van der Waals surface area contributed by atoms with E-state index in [1.54, 1.807) is 24.3 Å². The molecule has 3 rings (SSSR count). The molecule has 0 fully saturated rings. The summed E-state index contributed by atoms with van der Waals surface area (Å²) in [7, 11) is 0. The molecule has 0 atom stereocenters. The number of rotatable bonds is 4. The molecule has 0 saturated carbocycles. The lowest BCUT2D eigenvalue weighted by atomic mass is 10.1. The number of carbonyl (C=O) groups excluding carboxylic acids is 1. The van der Waals surface area contributed by atoms with Crippen LogP contribution in [0.25, 0.3) is 11.4 Å². The Bertz CT molecular complexity index is 973. The Labute approximate surface area is 160 Å². The summed E-state index contributed by atoms with van der Waals surface area (Å²) >= 11 is 11.4. The van der Waals surface area contributed by atoms with Crippen LogP contribution in [0.15, 0.2) is 42.5 Å².